The van der Waals surface area contributed by atoms with Gasteiger partial charge in [-0.15, -0.1) is 0 Å². The molecule has 0 aromatic heterocycles. The van der Waals surface area contributed by atoms with Gasteiger partial charge in [0.05, 0.1) is 4.92 Å². The second kappa shape index (κ2) is 8.64. The summed E-state index contributed by atoms with van der Waals surface area (Å²) in [6, 6.07) is 7.38. The minimum atomic E-state index is -0.343. The number of benzene rings is 1. The Hall–Kier alpha value is -1.42. The van der Waals surface area contributed by atoms with Crippen LogP contribution in [0.25, 0.3) is 0 Å². The maximum Gasteiger partial charge on any atom is 0.269 e. The molecule has 0 radical (unpaired) electrons. The zero-order valence-corrected chi connectivity index (χ0v) is 11.9. The van der Waals surface area contributed by atoms with E-state index < -0.39 is 0 Å². The Kier molecular flexibility index (Phi) is 7.11. The first-order chi connectivity index (χ1) is 9.17. The van der Waals surface area contributed by atoms with Gasteiger partial charge in [0, 0.05) is 24.7 Å². The van der Waals surface area contributed by atoms with Gasteiger partial charge in [0.2, 0.25) is 0 Å². The molecule has 1 aromatic rings. The summed E-state index contributed by atoms with van der Waals surface area (Å²) in [5.74, 6) is 0. The maximum atomic E-state index is 10.7. The van der Waals surface area contributed by atoms with Gasteiger partial charge >= 0.3 is 0 Å². The van der Waals surface area contributed by atoms with E-state index in [1.54, 1.807) is 12.1 Å². The van der Waals surface area contributed by atoms with Crippen molar-refractivity contribution in [3.05, 3.63) is 39.9 Å². The van der Waals surface area contributed by atoms with Gasteiger partial charge in [0.25, 0.3) is 5.69 Å². The van der Waals surface area contributed by atoms with Crippen LogP contribution < -0.4 is 5.32 Å². The van der Waals surface area contributed by atoms with E-state index in [0.29, 0.717) is 12.6 Å². The Bertz CT molecular complexity index is 393. The lowest BCUT2D eigenvalue weighted by molar-refractivity contribution is -0.384. The molecule has 4 heteroatoms. The molecule has 0 saturated carbocycles. The molecule has 1 rings (SSSR count). The molecule has 0 aliphatic carbocycles. The second-order valence-electron chi connectivity index (χ2n) is 4.94. The normalized spacial score (nSPS) is 12.3. The number of nitrogens with one attached hydrogen (secondary N) is 1. The first-order valence-corrected chi connectivity index (χ1v) is 7.14. The highest BCUT2D eigenvalue weighted by Crippen LogP contribution is 2.14. The average molecular weight is 264 g/mol. The van der Waals surface area contributed by atoms with Crippen molar-refractivity contribution in [2.75, 3.05) is 0 Å². The summed E-state index contributed by atoms with van der Waals surface area (Å²) in [5.41, 5.74) is 1.15. The van der Waals surface area contributed by atoms with Crippen LogP contribution >= 0.6 is 0 Å². The number of hydrogen-bond donors (Lipinski definition) is 1. The predicted octanol–water partition coefficient (Wildman–Crippen LogP) is 4.04. The smallest absolute Gasteiger partial charge is 0.269 e. The molecule has 0 aliphatic rings. The topological polar surface area (TPSA) is 55.2 Å². The molecule has 4 nitrogen and oxygen atoms in total. The van der Waals surface area contributed by atoms with Crippen LogP contribution in [0.15, 0.2) is 24.3 Å². The summed E-state index contributed by atoms with van der Waals surface area (Å²) in [6.07, 6.45) is 5.94. The molecule has 0 saturated heterocycles. The molecule has 1 unspecified atom stereocenters. The third-order valence-corrected chi connectivity index (χ3v) is 3.26. The van der Waals surface area contributed by atoms with Crippen molar-refractivity contribution in [2.45, 2.75) is 58.5 Å². The molecule has 0 amide bonds. The number of non-ortho nitro benzene ring substituents is 1. The molecule has 0 fully saturated rings. The molecule has 0 spiro atoms. The van der Waals surface area contributed by atoms with Gasteiger partial charge in [-0.2, -0.15) is 0 Å². The minimum Gasteiger partial charge on any atom is -0.310 e. The first-order valence-electron chi connectivity index (χ1n) is 7.14. The zero-order chi connectivity index (χ0) is 14.1. The Labute approximate surface area is 115 Å². The van der Waals surface area contributed by atoms with E-state index >= 15 is 0 Å². The molecular formula is C15H24N2O2. The van der Waals surface area contributed by atoms with Crippen molar-refractivity contribution in [3.8, 4) is 0 Å². The molecule has 19 heavy (non-hydrogen) atoms. The van der Waals surface area contributed by atoms with Crippen molar-refractivity contribution in [2.24, 2.45) is 0 Å². The van der Waals surface area contributed by atoms with Crippen LogP contribution in [0.3, 0.4) is 0 Å². The predicted molar refractivity (Wildman–Crippen MR) is 78.2 cm³/mol. The fourth-order valence-electron chi connectivity index (χ4n) is 2.19. The molecule has 106 valence electrons. The summed E-state index contributed by atoms with van der Waals surface area (Å²) in [5, 5.41) is 14.2. The Balaban J connectivity index is 2.53. The van der Waals surface area contributed by atoms with Gasteiger partial charge in [-0.25, -0.2) is 0 Å². The summed E-state index contributed by atoms with van der Waals surface area (Å²) >= 11 is 0. The third-order valence-electron chi connectivity index (χ3n) is 3.26. The summed E-state index contributed by atoms with van der Waals surface area (Å²) in [4.78, 5) is 10.4. The van der Waals surface area contributed by atoms with Gasteiger partial charge in [-0.1, -0.05) is 45.2 Å². The number of unbranched alkanes of at least 4 members (excludes halogenated alkanes) is 1. The number of rotatable bonds is 9. The fraction of sp³-hybridized carbons (Fsp3) is 0.600. The van der Waals surface area contributed by atoms with Crippen molar-refractivity contribution < 1.29 is 4.92 Å². The SMILES string of the molecule is CCCCC(CCC)NCc1cccc([N+](=O)[O-])c1. The van der Waals surface area contributed by atoms with Crippen LogP contribution in [0.4, 0.5) is 5.69 Å². The number of nitrogens with zero attached hydrogens (tertiary/aromatic N) is 1. The molecule has 0 bridgehead atoms. The lowest BCUT2D eigenvalue weighted by Gasteiger charge is -2.17. The average Bonchev–Trinajstić information content (AvgIpc) is 2.42. The lowest BCUT2D eigenvalue weighted by Crippen LogP contribution is -2.28. The van der Waals surface area contributed by atoms with E-state index in [-0.39, 0.29) is 10.6 Å². The summed E-state index contributed by atoms with van der Waals surface area (Å²) in [7, 11) is 0. The number of nitro groups is 1. The van der Waals surface area contributed by atoms with Gasteiger partial charge in [-0.3, -0.25) is 10.1 Å². The van der Waals surface area contributed by atoms with Crippen LogP contribution in [0.5, 0.6) is 0 Å². The van der Waals surface area contributed by atoms with Crippen LogP contribution in [0, 0.1) is 10.1 Å². The third kappa shape index (κ3) is 5.83. The fourth-order valence-corrected chi connectivity index (χ4v) is 2.19. The van der Waals surface area contributed by atoms with Crippen molar-refractivity contribution >= 4 is 5.69 Å². The van der Waals surface area contributed by atoms with E-state index in [1.165, 1.54) is 25.3 Å². The first kappa shape index (κ1) is 15.6. The van der Waals surface area contributed by atoms with Crippen molar-refractivity contribution in [1.29, 1.82) is 0 Å². The summed E-state index contributed by atoms with van der Waals surface area (Å²) < 4.78 is 0. The standard InChI is InChI=1S/C15H24N2O2/c1-3-5-9-14(7-4-2)16-12-13-8-6-10-15(11-13)17(18)19/h6,8,10-11,14,16H,3-5,7,9,12H2,1-2H3. The molecule has 0 heterocycles. The molecular weight excluding hydrogens is 240 g/mol. The number of nitro benzene ring substituents is 1. The van der Waals surface area contributed by atoms with E-state index in [0.717, 1.165) is 18.4 Å². The monoisotopic (exact) mass is 264 g/mol. The summed E-state index contributed by atoms with van der Waals surface area (Å²) in [6.45, 7) is 5.09. The largest absolute Gasteiger partial charge is 0.310 e. The van der Waals surface area contributed by atoms with Crippen molar-refractivity contribution in [3.63, 3.8) is 0 Å². The van der Waals surface area contributed by atoms with E-state index in [9.17, 15) is 10.1 Å². The van der Waals surface area contributed by atoms with Gasteiger partial charge in [0.1, 0.15) is 0 Å². The zero-order valence-electron chi connectivity index (χ0n) is 11.9. The van der Waals surface area contributed by atoms with E-state index in [2.05, 4.69) is 19.2 Å². The Morgan fingerprint density at radius 1 is 1.26 bits per heavy atom. The lowest BCUT2D eigenvalue weighted by atomic mass is 10.0. The van der Waals surface area contributed by atoms with Crippen LogP contribution in [-0.2, 0) is 6.54 Å². The van der Waals surface area contributed by atoms with Gasteiger partial charge < -0.3 is 5.32 Å². The van der Waals surface area contributed by atoms with Crippen LogP contribution in [0.1, 0.15) is 51.5 Å². The van der Waals surface area contributed by atoms with Crippen LogP contribution in [0.2, 0.25) is 0 Å². The van der Waals surface area contributed by atoms with Gasteiger partial charge in [-0.05, 0) is 18.4 Å². The molecule has 1 atom stereocenters. The van der Waals surface area contributed by atoms with E-state index in [1.807, 2.05) is 6.07 Å². The second-order valence-corrected chi connectivity index (χ2v) is 4.94. The number of hydrogen-bond acceptors (Lipinski definition) is 3. The van der Waals surface area contributed by atoms with Gasteiger partial charge in [0.15, 0.2) is 0 Å². The molecule has 1 N–H and O–H groups in total. The molecule has 1 aromatic carbocycles. The van der Waals surface area contributed by atoms with Crippen LogP contribution in [-0.4, -0.2) is 11.0 Å². The highest BCUT2D eigenvalue weighted by molar-refractivity contribution is 5.34. The molecule has 0 aliphatic heterocycles. The van der Waals surface area contributed by atoms with E-state index in [4.69, 9.17) is 0 Å². The Morgan fingerprint density at radius 3 is 2.68 bits per heavy atom. The maximum absolute atomic E-state index is 10.7. The highest BCUT2D eigenvalue weighted by Gasteiger charge is 2.09. The Morgan fingerprint density at radius 2 is 2.05 bits per heavy atom. The minimum absolute atomic E-state index is 0.167. The quantitative estimate of drug-likeness (QED) is 0.541. The highest BCUT2D eigenvalue weighted by atomic mass is 16.6. The van der Waals surface area contributed by atoms with Crippen molar-refractivity contribution in [1.82, 2.24) is 5.32 Å².